The fourth-order valence-electron chi connectivity index (χ4n) is 4.44. The van der Waals surface area contributed by atoms with Crippen LogP contribution in [0.15, 0.2) is 0 Å². The maximum Gasteiger partial charge on any atom is 0.307 e. The van der Waals surface area contributed by atoms with Crippen LogP contribution in [-0.4, -0.2) is 59.9 Å². The van der Waals surface area contributed by atoms with Crippen LogP contribution in [-0.2, 0) is 19.1 Å². The van der Waals surface area contributed by atoms with Gasteiger partial charge in [-0.1, -0.05) is 25.7 Å². The Labute approximate surface area is 162 Å². The number of ether oxygens (including phenoxy) is 1. The fraction of sp³-hybridized carbons (Fsp3) is 0.857. The Morgan fingerprint density at radius 3 is 2.44 bits per heavy atom. The van der Waals surface area contributed by atoms with E-state index in [-0.39, 0.29) is 30.1 Å². The van der Waals surface area contributed by atoms with Crippen LogP contribution in [0.4, 0.5) is 0 Å². The van der Waals surface area contributed by atoms with Gasteiger partial charge in [0.15, 0.2) is 0 Å². The van der Waals surface area contributed by atoms with Gasteiger partial charge in [0.25, 0.3) is 0 Å². The van der Waals surface area contributed by atoms with Crippen LogP contribution in [0.1, 0.15) is 71.1 Å². The van der Waals surface area contributed by atoms with Crippen molar-refractivity contribution in [3.8, 4) is 0 Å². The first-order valence-corrected chi connectivity index (χ1v) is 10.8. The van der Waals surface area contributed by atoms with E-state index in [1.165, 1.54) is 25.7 Å². The predicted molar refractivity (Wildman–Crippen MR) is 102 cm³/mol. The number of hydrogen-bond donors (Lipinski definition) is 0. The average Bonchev–Trinajstić information content (AvgIpc) is 3.43. The number of hydrogen-bond acceptors (Lipinski definition) is 4. The zero-order valence-electron chi connectivity index (χ0n) is 16.7. The molecule has 0 radical (unpaired) electrons. The van der Waals surface area contributed by atoms with Crippen LogP contribution in [0.25, 0.3) is 0 Å². The Bertz CT molecular complexity index is 538. The van der Waals surface area contributed by atoms with Crippen molar-refractivity contribution in [3.05, 3.63) is 0 Å². The number of rotatable bonds is 8. The van der Waals surface area contributed by atoms with Gasteiger partial charge in [-0.2, -0.15) is 0 Å². The minimum Gasteiger partial charge on any atom is -0.466 e. The molecular formula is C21H34N2O4. The molecule has 0 spiro atoms. The van der Waals surface area contributed by atoms with E-state index >= 15 is 0 Å². The molecule has 3 rings (SSSR count). The van der Waals surface area contributed by atoms with Crippen molar-refractivity contribution in [2.24, 2.45) is 11.8 Å². The molecule has 2 aliphatic carbocycles. The molecule has 1 heterocycles. The predicted octanol–water partition coefficient (Wildman–Crippen LogP) is 2.75. The molecular weight excluding hydrogens is 344 g/mol. The third kappa shape index (κ3) is 5.69. The topological polar surface area (TPSA) is 66.9 Å². The molecule has 0 aromatic heterocycles. The molecule has 0 aromatic rings. The quantitative estimate of drug-likeness (QED) is 0.481. The number of esters is 1. The van der Waals surface area contributed by atoms with Gasteiger partial charge in [-0.25, -0.2) is 0 Å². The summed E-state index contributed by atoms with van der Waals surface area (Å²) in [5.74, 6) is 0.245. The highest BCUT2D eigenvalue weighted by molar-refractivity contribution is 5.89. The van der Waals surface area contributed by atoms with Crippen molar-refractivity contribution >= 4 is 17.8 Å². The Balaban J connectivity index is 1.57. The second-order valence-electron chi connectivity index (χ2n) is 8.38. The van der Waals surface area contributed by atoms with Crippen molar-refractivity contribution in [1.82, 2.24) is 9.80 Å². The molecule has 152 valence electrons. The van der Waals surface area contributed by atoms with E-state index in [1.807, 2.05) is 9.80 Å². The zero-order chi connectivity index (χ0) is 19.2. The zero-order valence-corrected chi connectivity index (χ0v) is 16.7. The van der Waals surface area contributed by atoms with Crippen LogP contribution < -0.4 is 0 Å². The van der Waals surface area contributed by atoms with Gasteiger partial charge < -0.3 is 14.5 Å². The largest absolute Gasteiger partial charge is 0.466 e. The Hall–Kier alpha value is -1.59. The lowest BCUT2D eigenvalue weighted by Crippen LogP contribution is -2.41. The summed E-state index contributed by atoms with van der Waals surface area (Å²) < 4.78 is 5.00. The molecule has 0 bridgehead atoms. The molecule has 1 atom stereocenters. The second-order valence-corrected chi connectivity index (χ2v) is 8.38. The minimum atomic E-state index is -0.256. The van der Waals surface area contributed by atoms with Gasteiger partial charge >= 0.3 is 5.97 Å². The molecule has 27 heavy (non-hydrogen) atoms. The van der Waals surface area contributed by atoms with Gasteiger partial charge in [-0.3, -0.25) is 14.4 Å². The van der Waals surface area contributed by atoms with Crippen molar-refractivity contribution in [3.63, 3.8) is 0 Å². The van der Waals surface area contributed by atoms with Crippen LogP contribution >= 0.6 is 0 Å². The first kappa shape index (κ1) is 20.2. The fourth-order valence-corrected chi connectivity index (χ4v) is 4.44. The third-order valence-corrected chi connectivity index (χ3v) is 6.15. The van der Waals surface area contributed by atoms with Crippen LogP contribution in [0.3, 0.4) is 0 Å². The molecule has 6 heteroatoms. The van der Waals surface area contributed by atoms with E-state index in [9.17, 15) is 14.4 Å². The highest BCUT2D eigenvalue weighted by Crippen LogP contribution is 2.32. The first-order chi connectivity index (χ1) is 13.1. The number of amides is 2. The van der Waals surface area contributed by atoms with E-state index in [0.29, 0.717) is 44.6 Å². The molecule has 3 aliphatic rings. The minimum absolute atomic E-state index is 0.0515. The molecule has 6 nitrogen and oxygen atoms in total. The van der Waals surface area contributed by atoms with Crippen molar-refractivity contribution in [2.75, 3.05) is 26.2 Å². The summed E-state index contributed by atoms with van der Waals surface area (Å²) >= 11 is 0. The summed E-state index contributed by atoms with van der Waals surface area (Å²) in [5.41, 5.74) is 0. The van der Waals surface area contributed by atoms with Gasteiger partial charge in [0.1, 0.15) is 0 Å². The van der Waals surface area contributed by atoms with Gasteiger partial charge in [0.2, 0.25) is 11.8 Å². The first-order valence-electron chi connectivity index (χ1n) is 10.8. The number of carbonyl (C=O) groups excluding carboxylic acids is 3. The normalized spacial score (nSPS) is 24.0. The summed E-state index contributed by atoms with van der Waals surface area (Å²) in [6, 6.07) is 0.314. The molecule has 2 saturated carbocycles. The molecule has 0 N–H and O–H groups in total. The third-order valence-electron chi connectivity index (χ3n) is 6.15. The average molecular weight is 379 g/mol. The van der Waals surface area contributed by atoms with Gasteiger partial charge in [-0.05, 0) is 38.5 Å². The van der Waals surface area contributed by atoms with E-state index in [1.54, 1.807) is 6.92 Å². The molecule has 2 amide bonds. The van der Waals surface area contributed by atoms with Crippen molar-refractivity contribution < 1.29 is 19.1 Å². The van der Waals surface area contributed by atoms with Crippen LogP contribution in [0.5, 0.6) is 0 Å². The lowest BCUT2D eigenvalue weighted by molar-refractivity contribution is -0.144. The van der Waals surface area contributed by atoms with Gasteiger partial charge in [0, 0.05) is 32.1 Å². The van der Waals surface area contributed by atoms with E-state index in [4.69, 9.17) is 4.74 Å². The smallest absolute Gasteiger partial charge is 0.307 e. The Morgan fingerprint density at radius 1 is 1.11 bits per heavy atom. The molecule has 3 fully saturated rings. The van der Waals surface area contributed by atoms with E-state index in [2.05, 4.69) is 0 Å². The molecule has 1 saturated heterocycles. The maximum atomic E-state index is 13.1. The number of nitrogens with zero attached hydrogens (tertiary/aromatic N) is 2. The summed E-state index contributed by atoms with van der Waals surface area (Å²) in [7, 11) is 0. The lowest BCUT2D eigenvalue weighted by Gasteiger charge is -2.28. The molecule has 1 unspecified atom stereocenters. The highest BCUT2D eigenvalue weighted by Gasteiger charge is 2.40. The second kappa shape index (κ2) is 9.56. The lowest BCUT2D eigenvalue weighted by atomic mass is 10.1. The van der Waals surface area contributed by atoms with E-state index in [0.717, 1.165) is 25.7 Å². The molecule has 1 aliphatic heterocycles. The van der Waals surface area contributed by atoms with Gasteiger partial charge in [-0.15, -0.1) is 0 Å². The van der Waals surface area contributed by atoms with Crippen LogP contribution in [0.2, 0.25) is 0 Å². The monoisotopic (exact) mass is 378 g/mol. The van der Waals surface area contributed by atoms with Crippen LogP contribution in [0, 0.1) is 11.8 Å². The summed E-state index contributed by atoms with van der Waals surface area (Å²) in [6.07, 6.45) is 9.88. The van der Waals surface area contributed by atoms with Crippen molar-refractivity contribution in [2.45, 2.75) is 77.2 Å². The Morgan fingerprint density at radius 2 is 1.81 bits per heavy atom. The van der Waals surface area contributed by atoms with Crippen molar-refractivity contribution in [1.29, 1.82) is 0 Å². The summed E-state index contributed by atoms with van der Waals surface area (Å²) in [5, 5.41) is 0. The number of carbonyl (C=O) groups is 3. The maximum absolute atomic E-state index is 13.1. The standard InChI is InChI=1S/C21H34N2O4/c1-2-27-20(25)11-12-22(14-16-9-10-16)21(26)17-13-19(24)23(15-17)18-7-5-3-4-6-8-18/h16-18H,2-15H2,1H3. The molecule has 0 aromatic carbocycles. The SMILES string of the molecule is CCOC(=O)CCN(CC1CC1)C(=O)C1CC(=O)N(C2CCCCCC2)C1. The highest BCUT2D eigenvalue weighted by atomic mass is 16.5. The van der Waals surface area contributed by atoms with E-state index < -0.39 is 0 Å². The van der Waals surface area contributed by atoms with Gasteiger partial charge in [0.05, 0.1) is 18.9 Å². The summed E-state index contributed by atoms with van der Waals surface area (Å²) in [4.78, 5) is 41.2. The Kier molecular flexibility index (Phi) is 7.13. The number of likely N-dealkylation sites (tertiary alicyclic amines) is 1. The summed E-state index contributed by atoms with van der Waals surface area (Å²) in [6.45, 7) is 3.83.